The van der Waals surface area contributed by atoms with Crippen molar-refractivity contribution in [1.82, 2.24) is 14.7 Å². The molecule has 1 aliphatic heterocycles. The molecule has 1 aliphatic rings. The molecule has 1 unspecified atom stereocenters. The van der Waals surface area contributed by atoms with Crippen LogP contribution in [0, 0.1) is 5.92 Å². The van der Waals surface area contributed by atoms with E-state index in [1.54, 1.807) is 4.68 Å². The molecule has 4 nitrogen and oxygen atoms in total. The van der Waals surface area contributed by atoms with Gasteiger partial charge in [-0.1, -0.05) is 41.9 Å². The molecule has 2 aromatic carbocycles. The van der Waals surface area contributed by atoms with Gasteiger partial charge in [-0.3, -0.25) is 4.79 Å². The molecule has 2 heterocycles. The second kappa shape index (κ2) is 8.46. The van der Waals surface area contributed by atoms with Crippen molar-refractivity contribution >= 4 is 22.4 Å². The first-order chi connectivity index (χ1) is 13.6. The number of hydrogen-bond acceptors (Lipinski definition) is 3. The molecule has 0 amide bonds. The summed E-state index contributed by atoms with van der Waals surface area (Å²) in [5.74, 6) is 0.500. The smallest absolute Gasteiger partial charge is 0.274 e. The lowest BCUT2D eigenvalue weighted by molar-refractivity contribution is 0.328. The lowest BCUT2D eigenvalue weighted by Gasteiger charge is -2.17. The summed E-state index contributed by atoms with van der Waals surface area (Å²) in [6.07, 6.45) is 4.13. The highest BCUT2D eigenvalue weighted by molar-refractivity contribution is 6.30. The van der Waals surface area contributed by atoms with E-state index in [9.17, 15) is 4.79 Å². The number of halogens is 1. The molecule has 0 spiro atoms. The summed E-state index contributed by atoms with van der Waals surface area (Å²) in [6.45, 7) is 2.92. The summed E-state index contributed by atoms with van der Waals surface area (Å²) < 4.78 is 1.71. The molecule has 0 bridgehead atoms. The molecule has 0 aliphatic carbocycles. The van der Waals surface area contributed by atoms with E-state index < -0.39 is 0 Å². The third kappa shape index (κ3) is 4.29. The summed E-state index contributed by atoms with van der Waals surface area (Å²) in [7, 11) is 2.17. The van der Waals surface area contributed by atoms with Gasteiger partial charge >= 0.3 is 0 Å². The largest absolute Gasteiger partial charge is 0.306 e. The maximum absolute atomic E-state index is 13.1. The van der Waals surface area contributed by atoms with E-state index >= 15 is 0 Å². The minimum absolute atomic E-state index is 0.0213. The van der Waals surface area contributed by atoms with E-state index in [0.29, 0.717) is 18.9 Å². The van der Waals surface area contributed by atoms with Crippen molar-refractivity contribution < 1.29 is 0 Å². The van der Waals surface area contributed by atoms with Crippen molar-refractivity contribution in [2.24, 2.45) is 5.92 Å². The molecule has 0 radical (unpaired) electrons. The Morgan fingerprint density at radius 3 is 2.57 bits per heavy atom. The Morgan fingerprint density at radius 2 is 1.79 bits per heavy atom. The van der Waals surface area contributed by atoms with Gasteiger partial charge in [-0.05, 0) is 69.1 Å². The zero-order valence-electron chi connectivity index (χ0n) is 16.3. The Morgan fingerprint density at radius 1 is 1.04 bits per heavy atom. The van der Waals surface area contributed by atoms with Crippen LogP contribution in [0.3, 0.4) is 0 Å². The number of rotatable bonds is 4. The van der Waals surface area contributed by atoms with Crippen molar-refractivity contribution in [3.63, 3.8) is 0 Å². The fraction of sp³-hybridized carbons (Fsp3) is 0.391. The molecule has 28 heavy (non-hydrogen) atoms. The first-order valence-corrected chi connectivity index (χ1v) is 10.4. The summed E-state index contributed by atoms with van der Waals surface area (Å²) in [6, 6.07) is 15.7. The van der Waals surface area contributed by atoms with Gasteiger partial charge < -0.3 is 4.90 Å². The Bertz CT molecular complexity index is 1010. The topological polar surface area (TPSA) is 38.1 Å². The quantitative estimate of drug-likeness (QED) is 0.658. The minimum atomic E-state index is 0.0213. The standard InChI is InChI=1S/C23H26ClN3O/c1-26-13-4-5-18(12-14-26)16-27-23(28)21-7-3-2-6-20(21)22(25-27)15-17-8-10-19(24)11-9-17/h2-3,6-11,18H,4-5,12-16H2,1H3. The van der Waals surface area contributed by atoms with Crippen LogP contribution in [-0.2, 0) is 13.0 Å². The normalized spacial score (nSPS) is 18.3. The lowest BCUT2D eigenvalue weighted by Crippen LogP contribution is -2.28. The van der Waals surface area contributed by atoms with Gasteiger partial charge in [-0.15, -0.1) is 0 Å². The molecule has 5 heteroatoms. The first-order valence-electron chi connectivity index (χ1n) is 10.0. The van der Waals surface area contributed by atoms with Crippen LogP contribution in [0.2, 0.25) is 5.02 Å². The summed E-state index contributed by atoms with van der Waals surface area (Å²) >= 11 is 6.02. The zero-order chi connectivity index (χ0) is 19.5. The molecule has 1 aromatic heterocycles. The Hall–Kier alpha value is -2.17. The van der Waals surface area contributed by atoms with Gasteiger partial charge in [0.25, 0.3) is 5.56 Å². The minimum Gasteiger partial charge on any atom is -0.306 e. The van der Waals surface area contributed by atoms with Gasteiger partial charge in [-0.25, -0.2) is 4.68 Å². The highest BCUT2D eigenvalue weighted by Crippen LogP contribution is 2.21. The van der Waals surface area contributed by atoms with E-state index in [-0.39, 0.29) is 5.56 Å². The number of nitrogens with zero attached hydrogens (tertiary/aromatic N) is 3. The summed E-state index contributed by atoms with van der Waals surface area (Å²) in [5.41, 5.74) is 2.11. The van der Waals surface area contributed by atoms with Crippen LogP contribution in [-0.4, -0.2) is 34.8 Å². The van der Waals surface area contributed by atoms with Gasteiger partial charge in [0, 0.05) is 23.4 Å². The summed E-state index contributed by atoms with van der Waals surface area (Å²) in [5, 5.41) is 7.25. The molecule has 0 saturated carbocycles. The van der Waals surface area contributed by atoms with Gasteiger partial charge in [0.1, 0.15) is 0 Å². The third-order valence-corrected chi connectivity index (χ3v) is 5.98. The van der Waals surface area contributed by atoms with Crippen LogP contribution in [0.4, 0.5) is 0 Å². The van der Waals surface area contributed by atoms with Crippen LogP contribution in [0.5, 0.6) is 0 Å². The van der Waals surface area contributed by atoms with Crippen molar-refractivity contribution in [2.45, 2.75) is 32.2 Å². The molecule has 1 fully saturated rings. The summed E-state index contributed by atoms with van der Waals surface area (Å²) in [4.78, 5) is 15.5. The maximum atomic E-state index is 13.1. The predicted octanol–water partition coefficient (Wildman–Crippen LogP) is 4.37. The second-order valence-electron chi connectivity index (χ2n) is 7.88. The average Bonchev–Trinajstić information content (AvgIpc) is 2.91. The van der Waals surface area contributed by atoms with E-state index in [2.05, 4.69) is 11.9 Å². The zero-order valence-corrected chi connectivity index (χ0v) is 17.0. The van der Waals surface area contributed by atoms with Crippen LogP contribution in [0.1, 0.15) is 30.5 Å². The molecule has 0 N–H and O–H groups in total. The van der Waals surface area contributed by atoms with Crippen LogP contribution >= 0.6 is 11.6 Å². The highest BCUT2D eigenvalue weighted by Gasteiger charge is 2.18. The van der Waals surface area contributed by atoms with Gasteiger partial charge in [0.15, 0.2) is 0 Å². The lowest BCUT2D eigenvalue weighted by atomic mass is 10.0. The van der Waals surface area contributed by atoms with Gasteiger partial charge in [0.05, 0.1) is 11.1 Å². The van der Waals surface area contributed by atoms with E-state index in [1.807, 2.05) is 48.5 Å². The highest BCUT2D eigenvalue weighted by atomic mass is 35.5. The SMILES string of the molecule is CN1CCCC(Cn2nc(Cc3ccc(Cl)cc3)c3ccccc3c2=O)CC1. The number of hydrogen-bond donors (Lipinski definition) is 0. The number of benzene rings is 2. The number of likely N-dealkylation sites (tertiary alicyclic amines) is 1. The Kier molecular flexibility index (Phi) is 5.79. The molecular weight excluding hydrogens is 370 g/mol. The monoisotopic (exact) mass is 395 g/mol. The molecule has 146 valence electrons. The van der Waals surface area contributed by atoms with E-state index in [0.717, 1.165) is 53.0 Å². The Balaban J connectivity index is 1.69. The van der Waals surface area contributed by atoms with Crippen LogP contribution in [0.25, 0.3) is 10.8 Å². The molecule has 1 saturated heterocycles. The van der Waals surface area contributed by atoms with E-state index in [1.165, 1.54) is 6.42 Å². The van der Waals surface area contributed by atoms with E-state index in [4.69, 9.17) is 16.7 Å². The van der Waals surface area contributed by atoms with Gasteiger partial charge in [-0.2, -0.15) is 5.10 Å². The first kappa shape index (κ1) is 19.2. The fourth-order valence-corrected chi connectivity index (χ4v) is 4.22. The average molecular weight is 396 g/mol. The van der Waals surface area contributed by atoms with Crippen molar-refractivity contribution in [3.05, 3.63) is 75.2 Å². The molecule has 1 atom stereocenters. The Labute approximate surface area is 170 Å². The maximum Gasteiger partial charge on any atom is 0.274 e. The third-order valence-electron chi connectivity index (χ3n) is 5.73. The van der Waals surface area contributed by atoms with Crippen molar-refractivity contribution in [2.75, 3.05) is 20.1 Å². The van der Waals surface area contributed by atoms with Crippen molar-refractivity contribution in [1.29, 1.82) is 0 Å². The van der Waals surface area contributed by atoms with Crippen LogP contribution in [0.15, 0.2) is 53.3 Å². The molecule has 4 rings (SSSR count). The predicted molar refractivity (Wildman–Crippen MR) is 115 cm³/mol. The van der Waals surface area contributed by atoms with Gasteiger partial charge in [0.2, 0.25) is 0 Å². The fourth-order valence-electron chi connectivity index (χ4n) is 4.09. The second-order valence-corrected chi connectivity index (χ2v) is 8.32. The number of aromatic nitrogens is 2. The van der Waals surface area contributed by atoms with Crippen LogP contribution < -0.4 is 5.56 Å². The molecular formula is C23H26ClN3O. The number of fused-ring (bicyclic) bond motifs is 1. The molecule has 3 aromatic rings. The van der Waals surface area contributed by atoms with Crippen molar-refractivity contribution in [3.8, 4) is 0 Å².